The first-order valence-electron chi connectivity index (χ1n) is 8.96. The molecule has 0 spiro atoms. The molecule has 134 valence electrons. The lowest BCUT2D eigenvalue weighted by Crippen LogP contribution is -1.97. The van der Waals surface area contributed by atoms with Gasteiger partial charge in [-0.25, -0.2) is 9.37 Å². The minimum atomic E-state index is -0.366. The van der Waals surface area contributed by atoms with Crippen LogP contribution >= 0.6 is 0 Å². The monoisotopic (exact) mass is 366 g/mol. The van der Waals surface area contributed by atoms with Crippen molar-refractivity contribution < 1.29 is 9.13 Å². The summed E-state index contributed by atoms with van der Waals surface area (Å²) in [5, 5.41) is 2.98. The summed E-state index contributed by atoms with van der Waals surface area (Å²) in [5.41, 5.74) is 1.04. The molecule has 0 aliphatic heterocycles. The first-order valence-corrected chi connectivity index (χ1v) is 8.96. The van der Waals surface area contributed by atoms with Crippen molar-refractivity contribution in [2.45, 2.75) is 0 Å². The topological polar surface area (TPSA) is 35.0 Å². The van der Waals surface area contributed by atoms with Gasteiger partial charge in [-0.15, -0.1) is 0 Å². The molecule has 3 nitrogen and oxygen atoms in total. The van der Waals surface area contributed by atoms with Crippen molar-refractivity contribution in [3.63, 3.8) is 0 Å². The van der Waals surface area contributed by atoms with Gasteiger partial charge in [0.2, 0.25) is 5.88 Å². The molecule has 5 rings (SSSR count). The highest BCUT2D eigenvalue weighted by Crippen LogP contribution is 2.32. The summed E-state index contributed by atoms with van der Waals surface area (Å²) in [6.07, 6.45) is 0. The van der Waals surface area contributed by atoms with Gasteiger partial charge in [-0.1, -0.05) is 54.6 Å². The summed E-state index contributed by atoms with van der Waals surface area (Å²) in [5.74, 6) is 1.00. The fraction of sp³-hybridized carbons (Fsp3) is 0. The summed E-state index contributed by atoms with van der Waals surface area (Å²) in [7, 11) is 0. The number of fused-ring (bicyclic) bond motifs is 2. The zero-order valence-electron chi connectivity index (χ0n) is 14.8. The van der Waals surface area contributed by atoms with E-state index in [1.54, 1.807) is 18.2 Å². The Morgan fingerprint density at radius 2 is 1.43 bits per heavy atom. The minimum absolute atomic E-state index is 0.299. The van der Waals surface area contributed by atoms with Gasteiger partial charge in [0.05, 0.1) is 16.5 Å². The highest BCUT2D eigenvalue weighted by atomic mass is 19.1. The van der Waals surface area contributed by atoms with Crippen molar-refractivity contribution in [3.05, 3.63) is 96.8 Å². The number of aromatic nitrogens is 2. The number of hydrogen-bond donors (Lipinski definition) is 0. The number of rotatable bonds is 3. The first kappa shape index (κ1) is 16.4. The Bertz CT molecular complexity index is 1320. The molecule has 0 N–H and O–H groups in total. The van der Waals surface area contributed by atoms with Crippen LogP contribution in [0, 0.1) is 5.82 Å². The van der Waals surface area contributed by atoms with E-state index in [-0.39, 0.29) is 5.82 Å². The lowest BCUT2D eigenvalue weighted by molar-refractivity contribution is 0.469. The Morgan fingerprint density at radius 3 is 2.32 bits per heavy atom. The van der Waals surface area contributed by atoms with Crippen LogP contribution in [0.4, 0.5) is 4.39 Å². The zero-order valence-corrected chi connectivity index (χ0v) is 14.8. The molecule has 0 bridgehead atoms. The molecule has 0 saturated carbocycles. The molecule has 0 aliphatic rings. The molecule has 0 atom stereocenters. The molecule has 4 heteroatoms. The third kappa shape index (κ3) is 2.95. The van der Waals surface area contributed by atoms with Crippen LogP contribution in [0.25, 0.3) is 33.1 Å². The van der Waals surface area contributed by atoms with E-state index in [1.165, 1.54) is 6.07 Å². The fourth-order valence-electron chi connectivity index (χ4n) is 3.23. The predicted molar refractivity (Wildman–Crippen MR) is 109 cm³/mol. The van der Waals surface area contributed by atoms with Crippen molar-refractivity contribution in [2.24, 2.45) is 0 Å². The Balaban J connectivity index is 1.66. The zero-order chi connectivity index (χ0) is 18.9. The molecule has 0 fully saturated rings. The highest BCUT2D eigenvalue weighted by molar-refractivity contribution is 5.86. The normalized spacial score (nSPS) is 11.0. The lowest BCUT2D eigenvalue weighted by Gasteiger charge is -2.11. The third-order valence-electron chi connectivity index (χ3n) is 4.62. The second-order valence-corrected chi connectivity index (χ2v) is 6.46. The summed E-state index contributed by atoms with van der Waals surface area (Å²) in [4.78, 5) is 9.06. The minimum Gasteiger partial charge on any atom is -0.438 e. The van der Waals surface area contributed by atoms with Crippen LogP contribution in [0.15, 0.2) is 91.0 Å². The van der Waals surface area contributed by atoms with E-state index < -0.39 is 0 Å². The van der Waals surface area contributed by atoms with E-state index in [4.69, 9.17) is 4.74 Å². The van der Waals surface area contributed by atoms with Gasteiger partial charge in [-0.3, -0.25) is 0 Å². The van der Waals surface area contributed by atoms with Crippen LogP contribution in [-0.2, 0) is 0 Å². The maximum Gasteiger partial charge on any atom is 0.230 e. The maximum atomic E-state index is 14.3. The Kier molecular flexibility index (Phi) is 3.95. The summed E-state index contributed by atoms with van der Waals surface area (Å²) < 4.78 is 20.4. The molecular weight excluding hydrogens is 351 g/mol. The smallest absolute Gasteiger partial charge is 0.230 e. The first-order chi connectivity index (χ1) is 13.8. The van der Waals surface area contributed by atoms with Gasteiger partial charge in [0.25, 0.3) is 0 Å². The van der Waals surface area contributed by atoms with Crippen LogP contribution < -0.4 is 4.74 Å². The molecule has 0 amide bonds. The molecule has 0 saturated heterocycles. The van der Waals surface area contributed by atoms with E-state index in [0.29, 0.717) is 28.5 Å². The quantitative estimate of drug-likeness (QED) is 0.371. The molecule has 1 aromatic heterocycles. The lowest BCUT2D eigenvalue weighted by atomic mass is 10.1. The molecular formula is C24H15FN2O. The van der Waals surface area contributed by atoms with Crippen molar-refractivity contribution in [1.82, 2.24) is 9.97 Å². The van der Waals surface area contributed by atoms with Gasteiger partial charge in [-0.05, 0) is 47.2 Å². The van der Waals surface area contributed by atoms with E-state index in [1.807, 2.05) is 60.7 Å². The van der Waals surface area contributed by atoms with Gasteiger partial charge in [0, 0.05) is 0 Å². The molecule has 0 unspecified atom stereocenters. The largest absolute Gasteiger partial charge is 0.438 e. The molecule has 0 radical (unpaired) electrons. The summed E-state index contributed by atoms with van der Waals surface area (Å²) in [6.45, 7) is 0. The maximum absolute atomic E-state index is 14.3. The number of para-hydroxylation sites is 1. The Morgan fingerprint density at radius 1 is 0.679 bits per heavy atom. The third-order valence-corrected chi connectivity index (χ3v) is 4.62. The summed E-state index contributed by atoms with van der Waals surface area (Å²) in [6, 6.07) is 28.0. The van der Waals surface area contributed by atoms with E-state index in [0.717, 1.165) is 16.2 Å². The standard InChI is InChI=1S/C24H15FN2O/c25-21-11-5-3-9-19(21)23-26-22-12-6-4-10-20(22)24(27-23)28-18-14-13-16-7-1-2-8-17(16)15-18/h1-15H. The second-order valence-electron chi connectivity index (χ2n) is 6.46. The van der Waals surface area contributed by atoms with E-state index in [2.05, 4.69) is 16.0 Å². The molecule has 4 aromatic carbocycles. The van der Waals surface area contributed by atoms with Gasteiger partial charge in [0.1, 0.15) is 11.6 Å². The van der Waals surface area contributed by atoms with E-state index in [9.17, 15) is 4.39 Å². The highest BCUT2D eigenvalue weighted by Gasteiger charge is 2.14. The number of benzene rings is 4. The molecule has 28 heavy (non-hydrogen) atoms. The van der Waals surface area contributed by atoms with Crippen LogP contribution in [-0.4, -0.2) is 9.97 Å². The number of hydrogen-bond acceptors (Lipinski definition) is 3. The van der Waals surface area contributed by atoms with Crippen LogP contribution in [0.1, 0.15) is 0 Å². The van der Waals surface area contributed by atoms with Crippen molar-refractivity contribution in [2.75, 3.05) is 0 Å². The number of nitrogens with zero attached hydrogens (tertiary/aromatic N) is 2. The average Bonchev–Trinajstić information content (AvgIpc) is 2.74. The van der Waals surface area contributed by atoms with Crippen LogP contribution in [0.3, 0.4) is 0 Å². The van der Waals surface area contributed by atoms with Crippen molar-refractivity contribution in [1.29, 1.82) is 0 Å². The van der Waals surface area contributed by atoms with Crippen molar-refractivity contribution in [3.8, 4) is 23.0 Å². The van der Waals surface area contributed by atoms with Gasteiger partial charge in [-0.2, -0.15) is 4.98 Å². The Labute approximate surface area is 161 Å². The number of halogens is 1. The predicted octanol–water partition coefficient (Wildman–Crippen LogP) is 6.38. The van der Waals surface area contributed by atoms with Gasteiger partial charge >= 0.3 is 0 Å². The average molecular weight is 366 g/mol. The van der Waals surface area contributed by atoms with Gasteiger partial charge in [0.15, 0.2) is 5.82 Å². The second kappa shape index (κ2) is 6.74. The number of ether oxygens (including phenoxy) is 1. The molecule has 1 heterocycles. The summed E-state index contributed by atoms with van der Waals surface area (Å²) >= 11 is 0. The molecule has 0 aliphatic carbocycles. The van der Waals surface area contributed by atoms with E-state index >= 15 is 0 Å². The molecule has 5 aromatic rings. The van der Waals surface area contributed by atoms with Crippen LogP contribution in [0.2, 0.25) is 0 Å². The fourth-order valence-corrected chi connectivity index (χ4v) is 3.23. The SMILES string of the molecule is Fc1ccccc1-c1nc(Oc2ccc3ccccc3c2)c2ccccc2n1. The van der Waals surface area contributed by atoms with Crippen molar-refractivity contribution >= 4 is 21.7 Å². The Hall–Kier alpha value is -3.79. The van der Waals surface area contributed by atoms with Crippen LogP contribution in [0.5, 0.6) is 11.6 Å². The van der Waals surface area contributed by atoms with Gasteiger partial charge < -0.3 is 4.74 Å².